The van der Waals surface area contributed by atoms with Crippen LogP contribution in [0.5, 0.6) is 5.75 Å². The number of carbonyl (C=O) groups is 1. The van der Waals surface area contributed by atoms with Crippen LogP contribution in [0.1, 0.15) is 47.1 Å². The van der Waals surface area contributed by atoms with E-state index in [1.165, 1.54) is 28.8 Å². The first kappa shape index (κ1) is 21.0. The molecule has 4 rings (SSSR count). The minimum Gasteiger partial charge on any atom is -0.431 e. The molecule has 0 unspecified atom stereocenters. The molecular formula is C20H18F4N4O3. The standard InChI is InChI=1S/C20H18F4N4O3/c21-17(22)13-2-1-3-14(26-13)19(29)25-12-8-16(31-20(23)24)18-27-15(10-28(18)9-12)11-4-6-30-7-5-11/h1-3,8-11,17,20H,4-7H2,(H,25,29). The van der Waals surface area contributed by atoms with Gasteiger partial charge in [0.15, 0.2) is 11.4 Å². The number of halogens is 4. The normalized spacial score (nSPS) is 15.0. The molecule has 0 saturated carbocycles. The molecule has 1 aliphatic heterocycles. The molecule has 0 bridgehead atoms. The first-order valence-corrected chi connectivity index (χ1v) is 9.52. The highest BCUT2D eigenvalue weighted by Crippen LogP contribution is 2.31. The lowest BCUT2D eigenvalue weighted by atomic mass is 9.97. The van der Waals surface area contributed by atoms with Gasteiger partial charge < -0.3 is 19.2 Å². The number of hydrogen-bond acceptors (Lipinski definition) is 5. The van der Waals surface area contributed by atoms with Gasteiger partial charge in [-0.05, 0) is 25.0 Å². The molecule has 164 valence electrons. The zero-order valence-corrected chi connectivity index (χ0v) is 16.1. The Kier molecular flexibility index (Phi) is 6.03. The second kappa shape index (κ2) is 8.88. The molecule has 0 aromatic carbocycles. The van der Waals surface area contributed by atoms with Gasteiger partial charge in [-0.2, -0.15) is 8.78 Å². The average molecular weight is 438 g/mol. The number of amides is 1. The molecule has 3 aromatic heterocycles. The van der Waals surface area contributed by atoms with E-state index in [0.29, 0.717) is 18.9 Å². The smallest absolute Gasteiger partial charge is 0.387 e. The van der Waals surface area contributed by atoms with Crippen molar-refractivity contribution in [3.05, 3.63) is 53.7 Å². The first-order valence-electron chi connectivity index (χ1n) is 9.52. The summed E-state index contributed by atoms with van der Waals surface area (Å²) < 4.78 is 63.0. The Bertz CT molecular complexity index is 1080. The molecule has 0 atom stereocenters. The molecule has 3 aromatic rings. The Morgan fingerprint density at radius 2 is 1.94 bits per heavy atom. The maximum atomic E-state index is 12.9. The molecule has 7 nitrogen and oxygen atoms in total. The van der Waals surface area contributed by atoms with Crippen LogP contribution in [0, 0.1) is 0 Å². The van der Waals surface area contributed by atoms with Crippen LogP contribution in [0.2, 0.25) is 0 Å². The fourth-order valence-corrected chi connectivity index (χ4v) is 3.42. The van der Waals surface area contributed by atoms with Crippen LogP contribution in [0.25, 0.3) is 5.65 Å². The minimum atomic E-state index is -3.10. The van der Waals surface area contributed by atoms with Gasteiger partial charge in [-0.3, -0.25) is 4.79 Å². The Balaban J connectivity index is 1.65. The van der Waals surface area contributed by atoms with E-state index in [0.717, 1.165) is 18.9 Å². The monoisotopic (exact) mass is 438 g/mol. The van der Waals surface area contributed by atoms with Crippen molar-refractivity contribution in [2.45, 2.75) is 31.8 Å². The van der Waals surface area contributed by atoms with Gasteiger partial charge in [-0.15, -0.1) is 0 Å². The third-order valence-electron chi connectivity index (χ3n) is 4.88. The summed E-state index contributed by atoms with van der Waals surface area (Å²) in [5.41, 5.74) is 0.228. The van der Waals surface area contributed by atoms with Gasteiger partial charge in [0, 0.05) is 37.6 Å². The molecule has 1 aliphatic rings. The van der Waals surface area contributed by atoms with E-state index in [2.05, 4.69) is 20.0 Å². The largest absolute Gasteiger partial charge is 0.431 e. The quantitative estimate of drug-likeness (QED) is 0.577. The SMILES string of the molecule is O=C(Nc1cc(OC(F)F)c2nc(C3CCOCC3)cn2c1)c1cccc(C(F)F)n1. The number of ether oxygens (including phenoxy) is 2. The Hall–Kier alpha value is -3.21. The summed E-state index contributed by atoms with van der Waals surface area (Å²) in [7, 11) is 0. The summed E-state index contributed by atoms with van der Waals surface area (Å²) in [4.78, 5) is 20.5. The number of rotatable bonds is 6. The molecule has 4 heterocycles. The molecule has 0 spiro atoms. The predicted molar refractivity (Wildman–Crippen MR) is 102 cm³/mol. The second-order valence-corrected chi connectivity index (χ2v) is 6.96. The van der Waals surface area contributed by atoms with Crippen molar-refractivity contribution in [3.8, 4) is 5.75 Å². The Labute approximate surface area is 174 Å². The molecule has 1 fully saturated rings. The topological polar surface area (TPSA) is 77.8 Å². The maximum Gasteiger partial charge on any atom is 0.387 e. The lowest BCUT2D eigenvalue weighted by Crippen LogP contribution is -2.15. The Morgan fingerprint density at radius 1 is 1.16 bits per heavy atom. The number of hydrogen-bond donors (Lipinski definition) is 1. The maximum absolute atomic E-state index is 12.9. The molecule has 0 aliphatic carbocycles. The minimum absolute atomic E-state index is 0.118. The van der Waals surface area contributed by atoms with Crippen LogP contribution < -0.4 is 10.1 Å². The van der Waals surface area contributed by atoms with Crippen LogP contribution in [-0.4, -0.2) is 40.1 Å². The third-order valence-corrected chi connectivity index (χ3v) is 4.88. The highest BCUT2D eigenvalue weighted by atomic mass is 19.3. The van der Waals surface area contributed by atoms with Crippen molar-refractivity contribution in [1.82, 2.24) is 14.4 Å². The summed E-state index contributed by atoms with van der Waals surface area (Å²) in [5.74, 6) is -0.873. The fourth-order valence-electron chi connectivity index (χ4n) is 3.42. The van der Waals surface area contributed by atoms with Crippen molar-refractivity contribution in [3.63, 3.8) is 0 Å². The van der Waals surface area contributed by atoms with Gasteiger partial charge in [-0.1, -0.05) is 6.07 Å². The number of nitrogens with one attached hydrogen (secondary N) is 1. The molecule has 1 N–H and O–H groups in total. The summed E-state index contributed by atoms with van der Waals surface area (Å²) in [6.07, 6.45) is 1.85. The first-order chi connectivity index (χ1) is 14.9. The van der Waals surface area contributed by atoms with Gasteiger partial charge >= 0.3 is 6.61 Å². The zero-order valence-electron chi connectivity index (χ0n) is 16.1. The van der Waals surface area contributed by atoms with Crippen molar-refractivity contribution in [2.24, 2.45) is 0 Å². The van der Waals surface area contributed by atoms with Crippen LogP contribution in [0.15, 0.2) is 36.7 Å². The average Bonchev–Trinajstić information content (AvgIpc) is 3.18. The van der Waals surface area contributed by atoms with Crippen molar-refractivity contribution in [2.75, 3.05) is 18.5 Å². The van der Waals surface area contributed by atoms with Crippen LogP contribution in [-0.2, 0) is 4.74 Å². The summed E-state index contributed by atoms with van der Waals surface area (Å²) in [6.45, 7) is -1.92. The van der Waals surface area contributed by atoms with E-state index in [1.807, 2.05) is 0 Å². The van der Waals surface area contributed by atoms with Crippen molar-refractivity contribution >= 4 is 17.2 Å². The molecule has 11 heteroatoms. The highest BCUT2D eigenvalue weighted by Gasteiger charge is 2.22. The molecule has 1 amide bonds. The highest BCUT2D eigenvalue weighted by molar-refractivity contribution is 6.03. The van der Waals surface area contributed by atoms with Gasteiger partial charge in [0.05, 0.1) is 11.4 Å². The number of aromatic nitrogens is 3. The molecule has 31 heavy (non-hydrogen) atoms. The van der Waals surface area contributed by atoms with Crippen LogP contribution in [0.3, 0.4) is 0 Å². The second-order valence-electron chi connectivity index (χ2n) is 6.96. The lowest BCUT2D eigenvalue weighted by Gasteiger charge is -2.19. The number of carbonyl (C=O) groups excluding carboxylic acids is 1. The predicted octanol–water partition coefficient (Wildman–Crippen LogP) is 4.41. The number of anilines is 1. The van der Waals surface area contributed by atoms with Gasteiger partial charge in [0.25, 0.3) is 12.3 Å². The van der Waals surface area contributed by atoms with E-state index in [1.54, 1.807) is 6.20 Å². The van der Waals surface area contributed by atoms with E-state index < -0.39 is 24.6 Å². The summed E-state index contributed by atoms with van der Waals surface area (Å²) in [6, 6.07) is 4.87. The molecular weight excluding hydrogens is 420 g/mol. The van der Waals surface area contributed by atoms with Crippen LogP contribution >= 0.6 is 0 Å². The van der Waals surface area contributed by atoms with Gasteiger partial charge in [0.1, 0.15) is 11.4 Å². The lowest BCUT2D eigenvalue weighted by molar-refractivity contribution is -0.0491. The van der Waals surface area contributed by atoms with Crippen molar-refractivity contribution in [1.29, 1.82) is 0 Å². The van der Waals surface area contributed by atoms with E-state index in [-0.39, 0.29) is 28.7 Å². The number of fused-ring (bicyclic) bond motifs is 1. The number of nitrogens with zero attached hydrogens (tertiary/aromatic N) is 3. The zero-order chi connectivity index (χ0) is 22.0. The molecule has 0 radical (unpaired) electrons. The van der Waals surface area contributed by atoms with Crippen LogP contribution in [0.4, 0.5) is 23.2 Å². The van der Waals surface area contributed by atoms with E-state index >= 15 is 0 Å². The Morgan fingerprint density at radius 3 is 2.65 bits per heavy atom. The van der Waals surface area contributed by atoms with Gasteiger partial charge in [-0.25, -0.2) is 18.7 Å². The summed E-state index contributed by atoms with van der Waals surface area (Å²) >= 11 is 0. The summed E-state index contributed by atoms with van der Waals surface area (Å²) in [5, 5.41) is 2.48. The number of pyridine rings is 2. The molecule has 1 saturated heterocycles. The number of imidazole rings is 1. The third kappa shape index (κ3) is 4.76. The van der Waals surface area contributed by atoms with E-state index in [9.17, 15) is 22.4 Å². The van der Waals surface area contributed by atoms with Crippen molar-refractivity contribution < 1.29 is 31.8 Å². The number of alkyl halides is 4. The van der Waals surface area contributed by atoms with Gasteiger partial charge in [0.2, 0.25) is 0 Å². The van der Waals surface area contributed by atoms with E-state index in [4.69, 9.17) is 4.74 Å². The fraction of sp³-hybridized carbons (Fsp3) is 0.350.